The van der Waals surface area contributed by atoms with Gasteiger partial charge in [-0.3, -0.25) is 4.79 Å². The van der Waals surface area contributed by atoms with Crippen molar-refractivity contribution in [3.8, 4) is 0 Å². The van der Waals surface area contributed by atoms with Gasteiger partial charge in [0, 0.05) is 22.6 Å². The zero-order valence-corrected chi connectivity index (χ0v) is 16.9. The topological polar surface area (TPSA) is 55.8 Å². The molecular formula is C19H26BBrO4. The maximum absolute atomic E-state index is 12.7. The minimum atomic E-state index is -0.843. The molecule has 3 rings (SSSR count). The first-order chi connectivity index (χ1) is 11.6. The second kappa shape index (κ2) is 6.80. The molecule has 1 saturated carbocycles. The molecule has 4 nitrogen and oxygen atoms in total. The molecule has 0 spiro atoms. The van der Waals surface area contributed by atoms with Crippen molar-refractivity contribution < 1.29 is 19.2 Å². The van der Waals surface area contributed by atoms with Crippen LogP contribution in [0.25, 0.3) is 0 Å². The second-order valence-corrected chi connectivity index (χ2v) is 9.08. The molecule has 0 bridgehead atoms. The molecule has 1 heterocycles. The summed E-state index contributed by atoms with van der Waals surface area (Å²) >= 11 is 3.40. The number of aliphatic hydroxyl groups excluding tert-OH is 1. The van der Waals surface area contributed by atoms with Gasteiger partial charge < -0.3 is 14.4 Å². The summed E-state index contributed by atoms with van der Waals surface area (Å²) in [6.07, 6.45) is 1.30. The Morgan fingerprint density at radius 1 is 1.16 bits per heavy atom. The lowest BCUT2D eigenvalue weighted by atomic mass is 9.57. The van der Waals surface area contributed by atoms with E-state index in [1.807, 2.05) is 52.0 Å². The largest absolute Gasteiger partial charge is 0.462 e. The van der Waals surface area contributed by atoms with Gasteiger partial charge in [-0.25, -0.2) is 0 Å². The fourth-order valence-corrected chi connectivity index (χ4v) is 4.01. The van der Waals surface area contributed by atoms with Gasteiger partial charge in [0.15, 0.2) is 0 Å². The van der Waals surface area contributed by atoms with Crippen molar-refractivity contribution in [2.75, 3.05) is 0 Å². The standard InChI is InChI=1S/C19H26BBrO4/c1-18(2)19(3,4)25-20(24-18)14-6-5-7-15(22)16(14)17(23)12-8-10-13(21)11-9-12/h8-11,14,16-17,23H,5-7H2,1-4H3/t14-,16-,17+/m0/s1. The smallest absolute Gasteiger partial charge is 0.403 e. The van der Waals surface area contributed by atoms with Crippen LogP contribution in [0.3, 0.4) is 0 Å². The van der Waals surface area contributed by atoms with E-state index in [4.69, 9.17) is 9.31 Å². The van der Waals surface area contributed by atoms with Crippen LogP contribution in [0.2, 0.25) is 5.82 Å². The summed E-state index contributed by atoms with van der Waals surface area (Å²) in [5, 5.41) is 11.0. The fraction of sp³-hybridized carbons (Fsp3) is 0.632. The summed E-state index contributed by atoms with van der Waals surface area (Å²) in [5.41, 5.74) is -0.124. The molecule has 1 aliphatic heterocycles. The van der Waals surface area contributed by atoms with Crippen molar-refractivity contribution >= 4 is 28.8 Å². The highest BCUT2D eigenvalue weighted by atomic mass is 79.9. The van der Waals surface area contributed by atoms with E-state index >= 15 is 0 Å². The number of rotatable bonds is 3. The Balaban J connectivity index is 1.87. The van der Waals surface area contributed by atoms with Crippen LogP contribution >= 0.6 is 15.9 Å². The number of hydrogen-bond donors (Lipinski definition) is 1. The van der Waals surface area contributed by atoms with Crippen molar-refractivity contribution in [3.63, 3.8) is 0 Å². The summed E-state index contributed by atoms with van der Waals surface area (Å²) in [4.78, 5) is 12.7. The Kier molecular flexibility index (Phi) is 5.19. The molecule has 1 aromatic carbocycles. The molecule has 6 heteroatoms. The summed E-state index contributed by atoms with van der Waals surface area (Å²) in [6.45, 7) is 8.05. The first-order valence-electron chi connectivity index (χ1n) is 8.94. The maximum atomic E-state index is 12.7. The van der Waals surface area contributed by atoms with Crippen LogP contribution in [0, 0.1) is 5.92 Å². The predicted molar refractivity (Wildman–Crippen MR) is 101 cm³/mol. The number of aliphatic hydroxyl groups is 1. The predicted octanol–water partition coefficient (Wildman–Crippen LogP) is 4.31. The fourth-order valence-electron chi connectivity index (χ4n) is 3.74. The van der Waals surface area contributed by atoms with Crippen LogP contribution in [0.4, 0.5) is 0 Å². The van der Waals surface area contributed by atoms with E-state index < -0.39 is 30.3 Å². The molecule has 0 unspecified atom stereocenters. The molecule has 1 aliphatic carbocycles. The van der Waals surface area contributed by atoms with Gasteiger partial charge in [-0.2, -0.15) is 0 Å². The Morgan fingerprint density at radius 3 is 2.28 bits per heavy atom. The highest BCUT2D eigenvalue weighted by Gasteiger charge is 2.57. The second-order valence-electron chi connectivity index (χ2n) is 8.17. The van der Waals surface area contributed by atoms with Crippen molar-refractivity contribution in [2.24, 2.45) is 5.92 Å². The summed E-state index contributed by atoms with van der Waals surface area (Å²) in [6, 6.07) is 7.49. The van der Waals surface area contributed by atoms with Crippen LogP contribution < -0.4 is 0 Å². The van der Waals surface area contributed by atoms with Gasteiger partial charge in [0.05, 0.1) is 17.3 Å². The van der Waals surface area contributed by atoms with E-state index in [1.54, 1.807) is 0 Å². The molecule has 2 fully saturated rings. The lowest BCUT2D eigenvalue weighted by molar-refractivity contribution is -0.129. The molecule has 25 heavy (non-hydrogen) atoms. The van der Waals surface area contributed by atoms with Gasteiger partial charge in [0.2, 0.25) is 0 Å². The van der Waals surface area contributed by atoms with Crippen molar-refractivity contribution in [1.29, 1.82) is 0 Å². The summed E-state index contributed by atoms with van der Waals surface area (Å²) < 4.78 is 13.3. The van der Waals surface area contributed by atoms with Crippen molar-refractivity contribution in [3.05, 3.63) is 34.3 Å². The number of ketones is 1. The monoisotopic (exact) mass is 408 g/mol. The average Bonchev–Trinajstić information content (AvgIpc) is 2.75. The van der Waals surface area contributed by atoms with E-state index in [9.17, 15) is 9.90 Å². The molecule has 1 N–H and O–H groups in total. The highest BCUT2D eigenvalue weighted by Crippen LogP contribution is 2.48. The van der Waals surface area contributed by atoms with Crippen LogP contribution in [-0.2, 0) is 14.1 Å². The first kappa shape index (κ1) is 19.1. The third kappa shape index (κ3) is 3.59. The molecule has 0 amide bonds. The number of benzene rings is 1. The number of Topliss-reactive ketones (excluding diaryl/α,β-unsaturated/α-hetero) is 1. The lowest BCUT2D eigenvalue weighted by Gasteiger charge is -2.34. The molecule has 1 aromatic rings. The molecule has 136 valence electrons. The number of halogens is 1. The van der Waals surface area contributed by atoms with Gasteiger partial charge in [-0.15, -0.1) is 0 Å². The van der Waals surface area contributed by atoms with E-state index in [0.717, 1.165) is 22.9 Å². The SMILES string of the molecule is CC1(C)OB([C@H]2CCCC(=O)[C@H]2[C@H](O)c2ccc(Br)cc2)OC1(C)C. The summed E-state index contributed by atoms with van der Waals surface area (Å²) in [5.74, 6) is -0.535. The highest BCUT2D eigenvalue weighted by molar-refractivity contribution is 9.10. The van der Waals surface area contributed by atoms with Crippen LogP contribution in [0.15, 0.2) is 28.7 Å². The van der Waals surface area contributed by atoms with Gasteiger partial charge in [-0.05, 0) is 51.8 Å². The number of carbonyl (C=O) groups excluding carboxylic acids is 1. The number of hydrogen-bond acceptors (Lipinski definition) is 4. The van der Waals surface area contributed by atoms with E-state index in [0.29, 0.717) is 6.42 Å². The van der Waals surface area contributed by atoms with Crippen molar-refractivity contribution in [2.45, 2.75) is 70.1 Å². The summed E-state index contributed by atoms with van der Waals surface area (Å²) in [7, 11) is -0.468. The maximum Gasteiger partial charge on any atom is 0.462 e. The Bertz CT molecular complexity index is 627. The molecule has 2 aliphatic rings. The Labute approximate surface area is 158 Å². The normalized spacial score (nSPS) is 29.7. The lowest BCUT2D eigenvalue weighted by Crippen LogP contribution is -2.41. The minimum Gasteiger partial charge on any atom is -0.403 e. The minimum absolute atomic E-state index is 0.0985. The van der Waals surface area contributed by atoms with E-state index in [1.165, 1.54) is 0 Å². The van der Waals surface area contributed by atoms with Gasteiger partial charge >= 0.3 is 7.12 Å². The Morgan fingerprint density at radius 2 is 1.72 bits per heavy atom. The van der Waals surface area contributed by atoms with E-state index in [-0.39, 0.29) is 11.6 Å². The zero-order valence-electron chi connectivity index (χ0n) is 15.3. The average molecular weight is 409 g/mol. The van der Waals surface area contributed by atoms with Gasteiger partial charge in [0.1, 0.15) is 5.78 Å². The Hall–Kier alpha value is -0.685. The zero-order chi connectivity index (χ0) is 18.4. The third-order valence-electron chi connectivity index (χ3n) is 5.97. The first-order valence-corrected chi connectivity index (χ1v) is 9.73. The van der Waals surface area contributed by atoms with Crippen molar-refractivity contribution in [1.82, 2.24) is 0 Å². The van der Waals surface area contributed by atoms with Crippen LogP contribution in [0.5, 0.6) is 0 Å². The third-order valence-corrected chi connectivity index (χ3v) is 6.50. The van der Waals surface area contributed by atoms with Crippen LogP contribution in [0.1, 0.15) is 58.6 Å². The van der Waals surface area contributed by atoms with Gasteiger partial charge in [-0.1, -0.05) is 34.5 Å². The molecular weight excluding hydrogens is 383 g/mol. The molecule has 1 saturated heterocycles. The van der Waals surface area contributed by atoms with E-state index in [2.05, 4.69) is 15.9 Å². The number of carbonyl (C=O) groups is 1. The van der Waals surface area contributed by atoms with Gasteiger partial charge in [0.25, 0.3) is 0 Å². The quantitative estimate of drug-likeness (QED) is 0.757. The molecule has 3 atom stereocenters. The molecule has 0 aromatic heterocycles. The molecule has 0 radical (unpaired) electrons. The van der Waals surface area contributed by atoms with Crippen LogP contribution in [-0.4, -0.2) is 29.2 Å².